The first-order chi connectivity index (χ1) is 17.8. The van der Waals surface area contributed by atoms with Gasteiger partial charge in [0.1, 0.15) is 18.0 Å². The molecule has 1 aliphatic rings. The van der Waals surface area contributed by atoms with Gasteiger partial charge >= 0.3 is 6.03 Å². The summed E-state index contributed by atoms with van der Waals surface area (Å²) >= 11 is 0. The molecule has 10 nitrogen and oxygen atoms in total. The molecule has 1 heterocycles. The van der Waals surface area contributed by atoms with E-state index in [9.17, 15) is 28.9 Å². The lowest BCUT2D eigenvalue weighted by Gasteiger charge is -2.26. The third-order valence-electron chi connectivity index (χ3n) is 5.32. The molecule has 0 atom stereocenters. The summed E-state index contributed by atoms with van der Waals surface area (Å²) < 4.78 is 25.3. The first-order valence-corrected chi connectivity index (χ1v) is 11.1. The summed E-state index contributed by atoms with van der Waals surface area (Å²) in [7, 11) is 0. The van der Waals surface area contributed by atoms with Crippen molar-refractivity contribution in [2.45, 2.75) is 13.5 Å². The van der Waals surface area contributed by atoms with Crippen LogP contribution in [0.15, 0.2) is 72.3 Å². The normalized spacial score (nSPS) is 14.5. The summed E-state index contributed by atoms with van der Waals surface area (Å²) in [5, 5.41) is 13.2. The minimum absolute atomic E-state index is 0.0473. The monoisotopic (exact) mass is 505 g/mol. The summed E-state index contributed by atoms with van der Waals surface area (Å²) in [6.07, 6.45) is 1.26. The standard InChI is InChI=1S/C26H20FN3O7/c1-2-36-23-13-16(10-11-22(23)37-15-17-6-3-4-9-21(17)27)12-20-24(31)28-26(33)29(25(20)32)18-7-5-8-19(14-18)30(34)35/h3-14H,2,15H2,1H3,(H,28,31,33)/b20-12+. The number of rotatable bonds is 8. The molecule has 11 heteroatoms. The molecule has 4 rings (SSSR count). The van der Waals surface area contributed by atoms with Gasteiger partial charge in [0.2, 0.25) is 0 Å². The Hall–Kier alpha value is -5.06. The van der Waals surface area contributed by atoms with Crippen molar-refractivity contribution in [2.75, 3.05) is 11.5 Å². The van der Waals surface area contributed by atoms with E-state index in [2.05, 4.69) is 5.32 Å². The summed E-state index contributed by atoms with van der Waals surface area (Å²) in [6, 6.07) is 14.7. The quantitative estimate of drug-likeness (QED) is 0.208. The average Bonchev–Trinajstić information content (AvgIpc) is 2.87. The van der Waals surface area contributed by atoms with Crippen LogP contribution in [0.5, 0.6) is 11.5 Å². The van der Waals surface area contributed by atoms with Crippen LogP contribution in [-0.2, 0) is 16.2 Å². The molecule has 188 valence electrons. The van der Waals surface area contributed by atoms with E-state index in [-0.39, 0.29) is 30.2 Å². The number of hydrogen-bond donors (Lipinski definition) is 1. The largest absolute Gasteiger partial charge is 0.490 e. The van der Waals surface area contributed by atoms with Crippen LogP contribution in [0.2, 0.25) is 0 Å². The van der Waals surface area contributed by atoms with Crippen molar-refractivity contribution in [3.05, 3.63) is 99.4 Å². The highest BCUT2D eigenvalue weighted by Gasteiger charge is 2.37. The van der Waals surface area contributed by atoms with E-state index in [1.54, 1.807) is 37.3 Å². The number of carbonyl (C=O) groups excluding carboxylic acids is 3. The molecule has 1 saturated heterocycles. The van der Waals surface area contributed by atoms with Crippen LogP contribution in [0, 0.1) is 15.9 Å². The van der Waals surface area contributed by atoms with Crippen molar-refractivity contribution >= 4 is 35.3 Å². The zero-order valence-corrected chi connectivity index (χ0v) is 19.5. The molecule has 0 aromatic heterocycles. The number of non-ortho nitro benzene ring substituents is 1. The molecule has 4 amide bonds. The Balaban J connectivity index is 1.63. The SMILES string of the molecule is CCOc1cc(/C=C2\C(=O)NC(=O)N(c3cccc([N+](=O)[O-])c3)C2=O)ccc1OCc1ccccc1F. The molecule has 0 bridgehead atoms. The lowest BCUT2D eigenvalue weighted by molar-refractivity contribution is -0.384. The Bertz CT molecular complexity index is 1440. The van der Waals surface area contributed by atoms with Crippen LogP contribution >= 0.6 is 0 Å². The van der Waals surface area contributed by atoms with Crippen LogP contribution in [0.3, 0.4) is 0 Å². The predicted molar refractivity (Wildman–Crippen MR) is 130 cm³/mol. The molecule has 1 aliphatic heterocycles. The van der Waals surface area contributed by atoms with Gasteiger partial charge in [-0.25, -0.2) is 14.1 Å². The number of anilines is 1. The molecule has 3 aromatic carbocycles. The van der Waals surface area contributed by atoms with Crippen molar-refractivity contribution in [3.63, 3.8) is 0 Å². The zero-order valence-electron chi connectivity index (χ0n) is 19.5. The van der Waals surface area contributed by atoms with Crippen molar-refractivity contribution in [1.29, 1.82) is 0 Å². The van der Waals surface area contributed by atoms with E-state index in [1.807, 2.05) is 0 Å². The van der Waals surface area contributed by atoms with Gasteiger partial charge < -0.3 is 9.47 Å². The number of hydrogen-bond acceptors (Lipinski definition) is 7. The molecular weight excluding hydrogens is 485 g/mol. The van der Waals surface area contributed by atoms with Gasteiger partial charge in [0, 0.05) is 17.7 Å². The number of imide groups is 2. The molecule has 0 spiro atoms. The molecule has 0 saturated carbocycles. The number of benzene rings is 3. The third-order valence-corrected chi connectivity index (χ3v) is 5.32. The van der Waals surface area contributed by atoms with Crippen molar-refractivity contribution < 1.29 is 33.2 Å². The summed E-state index contributed by atoms with van der Waals surface area (Å²) in [6.45, 7) is 1.99. The molecular formula is C26H20FN3O7. The summed E-state index contributed by atoms with van der Waals surface area (Å²) in [5.74, 6) is -1.67. The fourth-order valence-electron chi connectivity index (χ4n) is 3.58. The lowest BCUT2D eigenvalue weighted by atomic mass is 10.1. The molecule has 1 fully saturated rings. The number of halogens is 1. The van der Waals surface area contributed by atoms with Gasteiger partial charge in [-0.15, -0.1) is 0 Å². The Morgan fingerprint density at radius 2 is 1.78 bits per heavy atom. The minimum atomic E-state index is -1.03. The second-order valence-electron chi connectivity index (χ2n) is 7.75. The number of barbiturate groups is 1. The van der Waals surface area contributed by atoms with Crippen LogP contribution in [0.4, 0.5) is 20.6 Å². The molecule has 0 radical (unpaired) electrons. The van der Waals surface area contributed by atoms with Gasteiger partial charge in [0.05, 0.1) is 17.2 Å². The lowest BCUT2D eigenvalue weighted by Crippen LogP contribution is -2.54. The number of amides is 4. The van der Waals surface area contributed by atoms with Gasteiger partial charge in [0.15, 0.2) is 11.5 Å². The van der Waals surface area contributed by atoms with Crippen LogP contribution < -0.4 is 19.7 Å². The maximum absolute atomic E-state index is 13.9. The molecule has 3 aromatic rings. The van der Waals surface area contributed by atoms with Crippen LogP contribution in [0.1, 0.15) is 18.1 Å². The van der Waals surface area contributed by atoms with E-state index in [1.165, 1.54) is 36.4 Å². The van der Waals surface area contributed by atoms with Crippen molar-refractivity contribution in [1.82, 2.24) is 5.32 Å². The van der Waals surface area contributed by atoms with Gasteiger partial charge in [-0.1, -0.05) is 30.3 Å². The molecule has 1 N–H and O–H groups in total. The predicted octanol–water partition coefficient (Wildman–Crippen LogP) is 4.38. The maximum atomic E-state index is 13.9. The fourth-order valence-corrected chi connectivity index (χ4v) is 3.58. The Morgan fingerprint density at radius 1 is 1.00 bits per heavy atom. The minimum Gasteiger partial charge on any atom is -0.490 e. The number of nitro benzene ring substituents is 1. The van der Waals surface area contributed by atoms with E-state index in [0.29, 0.717) is 27.5 Å². The smallest absolute Gasteiger partial charge is 0.335 e. The maximum Gasteiger partial charge on any atom is 0.335 e. The number of nitrogens with zero attached hydrogens (tertiary/aromatic N) is 2. The Kier molecular flexibility index (Phi) is 7.23. The van der Waals surface area contributed by atoms with Crippen molar-refractivity contribution in [3.8, 4) is 11.5 Å². The first kappa shape index (κ1) is 25.0. The van der Waals surface area contributed by atoms with E-state index >= 15 is 0 Å². The molecule has 0 unspecified atom stereocenters. The number of urea groups is 1. The van der Waals surface area contributed by atoms with Gasteiger partial charge in [-0.3, -0.25) is 25.0 Å². The van der Waals surface area contributed by atoms with Gasteiger partial charge in [-0.05, 0) is 42.8 Å². The molecule has 37 heavy (non-hydrogen) atoms. The summed E-state index contributed by atoms with van der Waals surface area (Å²) in [4.78, 5) is 49.1. The van der Waals surface area contributed by atoms with Crippen molar-refractivity contribution in [2.24, 2.45) is 0 Å². The fraction of sp³-hybridized carbons (Fsp3) is 0.115. The highest BCUT2D eigenvalue weighted by atomic mass is 19.1. The first-order valence-electron chi connectivity index (χ1n) is 11.1. The average molecular weight is 505 g/mol. The zero-order chi connectivity index (χ0) is 26.5. The van der Waals surface area contributed by atoms with E-state index in [0.717, 1.165) is 6.07 Å². The highest BCUT2D eigenvalue weighted by Crippen LogP contribution is 2.31. The number of nitro groups is 1. The second kappa shape index (κ2) is 10.7. The Labute approximate surface area is 210 Å². The molecule has 0 aliphatic carbocycles. The van der Waals surface area contributed by atoms with E-state index < -0.39 is 28.6 Å². The number of ether oxygens (including phenoxy) is 2. The van der Waals surface area contributed by atoms with E-state index in [4.69, 9.17) is 9.47 Å². The highest BCUT2D eigenvalue weighted by molar-refractivity contribution is 6.39. The van der Waals surface area contributed by atoms with Gasteiger partial charge in [-0.2, -0.15) is 0 Å². The van der Waals surface area contributed by atoms with Crippen LogP contribution in [0.25, 0.3) is 6.08 Å². The second-order valence-corrected chi connectivity index (χ2v) is 7.75. The number of carbonyl (C=O) groups is 3. The third kappa shape index (κ3) is 5.45. The Morgan fingerprint density at radius 3 is 2.51 bits per heavy atom. The summed E-state index contributed by atoms with van der Waals surface area (Å²) in [5.41, 5.74) is -0.0245. The van der Waals surface area contributed by atoms with Gasteiger partial charge in [0.25, 0.3) is 17.5 Å². The van der Waals surface area contributed by atoms with Crippen LogP contribution in [-0.4, -0.2) is 29.4 Å². The number of nitrogens with one attached hydrogen (secondary N) is 1. The topological polar surface area (TPSA) is 128 Å².